The zero-order valence-corrected chi connectivity index (χ0v) is 44.1. The summed E-state index contributed by atoms with van der Waals surface area (Å²) < 4.78 is 0. The van der Waals surface area contributed by atoms with Gasteiger partial charge in [0.25, 0.3) is 0 Å². The maximum atomic E-state index is 10.1. The molecule has 0 saturated heterocycles. The van der Waals surface area contributed by atoms with Crippen LogP contribution in [0, 0.1) is 0 Å². The fourth-order valence-electron chi connectivity index (χ4n) is 7.52. The largest absolute Gasteiger partial charge is 0.508 e. The monoisotopic (exact) mass is 875 g/mol. The third-order valence-electron chi connectivity index (χ3n) is 12.0. The first-order valence-electron chi connectivity index (χ1n) is 22.6. The van der Waals surface area contributed by atoms with Crippen molar-refractivity contribution in [1.82, 2.24) is 0 Å². The predicted molar refractivity (Wildman–Crippen MR) is 276 cm³/mol. The Labute approximate surface area is 375 Å². The molecule has 3 N–H and O–H groups in total. The van der Waals surface area contributed by atoms with Gasteiger partial charge in [-0.15, -0.1) is 0 Å². The molecule has 61 heavy (non-hydrogen) atoms. The van der Waals surface area contributed by atoms with E-state index in [1.54, 1.807) is 0 Å². The Bertz CT molecular complexity index is 2000. The van der Waals surface area contributed by atoms with Crippen molar-refractivity contribution in [2.24, 2.45) is 0 Å². The van der Waals surface area contributed by atoms with E-state index in [1.165, 1.54) is 45.2 Å². The topological polar surface area (TPSA) is 60.7 Å². The van der Waals surface area contributed by atoms with Gasteiger partial charge in [-0.2, -0.15) is 0 Å². The molecule has 5 rings (SSSR count). The first-order chi connectivity index (χ1) is 28.0. The minimum atomic E-state index is -1.40. The van der Waals surface area contributed by atoms with Crippen molar-refractivity contribution in [3.8, 4) is 17.2 Å². The molecule has 0 heterocycles. The van der Waals surface area contributed by atoms with Crippen LogP contribution in [0.4, 0.5) is 0 Å². The SMILES string of the molecule is CC(C)(C)c1cc(CC[Si](C)(C)C)ccc1O.CC(C)(C)c1cc(CC[Si](C)(C)c2ccccc2)ccc1O.CC(C)(C)c1cc(CC[Si](C)(C)c2ccccc2)ccc1O. The van der Waals surface area contributed by atoms with Crippen molar-refractivity contribution in [3.63, 3.8) is 0 Å². The highest BCUT2D eigenvalue weighted by Crippen LogP contribution is 2.34. The zero-order chi connectivity index (χ0) is 46.0. The lowest BCUT2D eigenvalue weighted by molar-refractivity contribution is 0.445. The van der Waals surface area contributed by atoms with Crippen molar-refractivity contribution < 1.29 is 15.3 Å². The Hall–Kier alpha value is -3.85. The molecule has 0 atom stereocenters. The third-order valence-corrected chi connectivity index (χ3v) is 20.5. The smallest absolute Gasteiger partial charge is 0.119 e. The Kier molecular flexibility index (Phi) is 17.7. The van der Waals surface area contributed by atoms with Crippen LogP contribution in [-0.2, 0) is 35.5 Å². The van der Waals surface area contributed by atoms with E-state index in [-0.39, 0.29) is 16.2 Å². The lowest BCUT2D eigenvalue weighted by Crippen LogP contribution is -2.41. The second kappa shape index (κ2) is 21.0. The highest BCUT2D eigenvalue weighted by Gasteiger charge is 2.26. The lowest BCUT2D eigenvalue weighted by atomic mass is 9.85. The molecule has 332 valence electrons. The summed E-state index contributed by atoms with van der Waals surface area (Å²) in [6.45, 7) is 36.3. The molecular formula is C55H82O3Si3. The number of phenolic OH excluding ortho intramolecular Hbond substituents is 3. The normalized spacial score (nSPS) is 12.5. The second-order valence-corrected chi connectivity index (χ2v) is 38.2. The Morgan fingerprint density at radius 3 is 0.869 bits per heavy atom. The summed E-state index contributed by atoms with van der Waals surface area (Å²) in [5, 5.41) is 33.1. The average Bonchev–Trinajstić information content (AvgIpc) is 3.16. The molecule has 0 bridgehead atoms. The van der Waals surface area contributed by atoms with Gasteiger partial charge in [-0.05, 0) is 99.2 Å². The molecule has 0 unspecified atom stereocenters. The van der Waals surface area contributed by atoms with E-state index in [0.717, 1.165) is 36.0 Å². The predicted octanol–water partition coefficient (Wildman–Crippen LogP) is 14.3. The average molecular weight is 876 g/mol. The van der Waals surface area contributed by atoms with Crippen LogP contribution in [0.2, 0.25) is 64.0 Å². The minimum absolute atomic E-state index is 0.0131. The third kappa shape index (κ3) is 16.7. The Morgan fingerprint density at radius 2 is 0.623 bits per heavy atom. The van der Waals surface area contributed by atoms with Gasteiger partial charge in [0.05, 0.1) is 16.1 Å². The maximum Gasteiger partial charge on any atom is 0.119 e. The summed E-state index contributed by atoms with van der Waals surface area (Å²) in [6, 6.07) is 43.9. The van der Waals surface area contributed by atoms with E-state index in [2.05, 4.69) is 205 Å². The number of aromatic hydroxyl groups is 3. The zero-order valence-electron chi connectivity index (χ0n) is 41.1. The molecule has 0 saturated carbocycles. The van der Waals surface area contributed by atoms with Crippen LogP contribution >= 0.6 is 0 Å². The van der Waals surface area contributed by atoms with Crippen molar-refractivity contribution in [2.75, 3.05) is 0 Å². The number of hydrogen-bond donors (Lipinski definition) is 3. The van der Waals surface area contributed by atoms with Crippen LogP contribution in [0.25, 0.3) is 0 Å². The quantitative estimate of drug-likeness (QED) is 0.116. The van der Waals surface area contributed by atoms with Gasteiger partial charge in [0, 0.05) is 8.07 Å². The van der Waals surface area contributed by atoms with E-state index < -0.39 is 24.2 Å². The van der Waals surface area contributed by atoms with Gasteiger partial charge in [0.2, 0.25) is 0 Å². The van der Waals surface area contributed by atoms with Gasteiger partial charge in [-0.3, -0.25) is 0 Å². The first kappa shape index (κ1) is 51.5. The molecule has 0 spiro atoms. The number of phenols is 3. The summed E-state index contributed by atoms with van der Waals surface area (Å²) in [5.74, 6) is 1.25. The first-order valence-corrected chi connectivity index (χ1v) is 32.7. The molecule has 0 aromatic heterocycles. The number of rotatable bonds is 11. The summed E-state index contributed by atoms with van der Waals surface area (Å²) >= 11 is 0. The molecule has 3 nitrogen and oxygen atoms in total. The molecule has 0 aliphatic carbocycles. The highest BCUT2D eigenvalue weighted by atomic mass is 28.3. The van der Waals surface area contributed by atoms with Gasteiger partial charge in [0.15, 0.2) is 0 Å². The van der Waals surface area contributed by atoms with E-state index >= 15 is 0 Å². The molecule has 0 fully saturated rings. The molecule has 0 aliphatic rings. The van der Waals surface area contributed by atoms with Gasteiger partial charge in [0.1, 0.15) is 17.2 Å². The maximum absolute atomic E-state index is 10.1. The number of benzene rings is 5. The summed E-state index contributed by atoms with van der Waals surface area (Å²) in [6.07, 6.45) is 3.30. The molecule has 5 aromatic rings. The lowest BCUT2D eigenvalue weighted by Gasteiger charge is -2.24. The van der Waals surface area contributed by atoms with Crippen molar-refractivity contribution in [3.05, 3.63) is 149 Å². The molecule has 0 amide bonds. The molecule has 5 aromatic carbocycles. The van der Waals surface area contributed by atoms with Gasteiger partial charge in [-0.1, -0.05) is 222 Å². The van der Waals surface area contributed by atoms with E-state index in [9.17, 15) is 15.3 Å². The van der Waals surface area contributed by atoms with Crippen LogP contribution in [-0.4, -0.2) is 39.5 Å². The van der Waals surface area contributed by atoms with Crippen LogP contribution in [0.1, 0.15) is 95.7 Å². The van der Waals surface area contributed by atoms with E-state index in [0.29, 0.717) is 17.2 Å². The van der Waals surface area contributed by atoms with Crippen LogP contribution in [0.5, 0.6) is 17.2 Å². The van der Waals surface area contributed by atoms with E-state index in [1.807, 2.05) is 18.2 Å². The van der Waals surface area contributed by atoms with E-state index in [4.69, 9.17) is 0 Å². The number of hydrogen-bond acceptors (Lipinski definition) is 3. The van der Waals surface area contributed by atoms with Crippen molar-refractivity contribution in [2.45, 2.75) is 162 Å². The minimum Gasteiger partial charge on any atom is -0.508 e. The number of aryl methyl sites for hydroxylation is 3. The molecule has 0 radical (unpaired) electrons. The van der Waals surface area contributed by atoms with Crippen LogP contribution < -0.4 is 10.4 Å². The molecule has 0 aliphatic heterocycles. The van der Waals surface area contributed by atoms with Crippen molar-refractivity contribution in [1.29, 1.82) is 0 Å². The summed E-state index contributed by atoms with van der Waals surface area (Å²) in [4.78, 5) is 0. The summed E-state index contributed by atoms with van der Waals surface area (Å²) in [5.41, 5.74) is 7.14. The fraction of sp³-hybridized carbons (Fsp3) is 0.455. The second-order valence-electron chi connectivity index (χ2n) is 22.9. The van der Waals surface area contributed by atoms with Crippen molar-refractivity contribution >= 4 is 34.6 Å². The molecular weight excluding hydrogens is 793 g/mol. The van der Waals surface area contributed by atoms with Gasteiger partial charge in [-0.25, -0.2) is 0 Å². The van der Waals surface area contributed by atoms with Crippen LogP contribution in [0.15, 0.2) is 115 Å². The van der Waals surface area contributed by atoms with Gasteiger partial charge >= 0.3 is 0 Å². The van der Waals surface area contributed by atoms with Crippen LogP contribution in [0.3, 0.4) is 0 Å². The van der Waals surface area contributed by atoms with Gasteiger partial charge < -0.3 is 15.3 Å². The standard InChI is InChI=1S/2C20H28OSi.C15H26OSi/c2*1-20(2,3)18-15-16(11-12-19(18)21)13-14-22(4,5)17-9-7-6-8-10-17;1-15(2,3)13-11-12(7-8-14(13)16)9-10-17(4,5)6/h2*6-12,15,21H,13-14H2,1-5H3;7-8,11,16H,9-10H2,1-6H3. The Morgan fingerprint density at radius 1 is 0.361 bits per heavy atom. The fourth-order valence-corrected chi connectivity index (χ4v) is 13.2. The Balaban J connectivity index is 0.000000247. The highest BCUT2D eigenvalue weighted by molar-refractivity contribution is 6.90. The molecule has 6 heteroatoms. The summed E-state index contributed by atoms with van der Waals surface area (Å²) in [7, 11) is -3.78.